The summed E-state index contributed by atoms with van der Waals surface area (Å²) in [6, 6.07) is 0.674. The van der Waals surface area contributed by atoms with Crippen LogP contribution in [0.5, 0.6) is 0 Å². The summed E-state index contributed by atoms with van der Waals surface area (Å²) in [6.45, 7) is 7.92. The van der Waals surface area contributed by atoms with Gasteiger partial charge in [0.1, 0.15) is 6.26 Å². The van der Waals surface area contributed by atoms with E-state index in [9.17, 15) is 0 Å². The predicted octanol–water partition coefficient (Wildman–Crippen LogP) is 1.26. The van der Waals surface area contributed by atoms with Gasteiger partial charge in [0.05, 0.1) is 12.3 Å². The number of nitrogens with one attached hydrogen (secondary N) is 1. The van der Waals surface area contributed by atoms with Crippen molar-refractivity contribution in [3.8, 4) is 0 Å². The molecule has 0 radical (unpaired) electrons. The van der Waals surface area contributed by atoms with Crippen LogP contribution in [0.25, 0.3) is 0 Å². The van der Waals surface area contributed by atoms with Crippen LogP contribution in [-0.4, -0.2) is 38.3 Å². The average Bonchev–Trinajstić information content (AvgIpc) is 2.74. The van der Waals surface area contributed by atoms with E-state index in [1.165, 1.54) is 0 Å². The number of anilines is 1. The Balaban J connectivity index is 2.49. The van der Waals surface area contributed by atoms with Crippen LogP contribution >= 0.6 is 0 Å². The highest BCUT2D eigenvalue weighted by molar-refractivity contribution is 5.26. The Labute approximate surface area is 96.8 Å². The molecule has 92 valence electrons. The Kier molecular flexibility index (Phi) is 5.88. The van der Waals surface area contributed by atoms with Crippen molar-refractivity contribution < 1.29 is 9.15 Å². The average molecular weight is 227 g/mol. The summed E-state index contributed by atoms with van der Waals surface area (Å²) in [4.78, 5) is 6.46. The van der Waals surface area contributed by atoms with Crippen molar-refractivity contribution in [2.45, 2.75) is 20.4 Å². The first-order chi connectivity index (χ1) is 7.81. The second-order valence-electron chi connectivity index (χ2n) is 3.43. The van der Waals surface area contributed by atoms with Gasteiger partial charge in [-0.3, -0.25) is 0 Å². The van der Waals surface area contributed by atoms with Crippen LogP contribution in [0.4, 0.5) is 6.01 Å². The van der Waals surface area contributed by atoms with Crippen LogP contribution in [0.15, 0.2) is 10.7 Å². The molecule has 5 nitrogen and oxygen atoms in total. The van der Waals surface area contributed by atoms with E-state index in [0.29, 0.717) is 12.6 Å². The zero-order valence-corrected chi connectivity index (χ0v) is 10.3. The molecule has 0 saturated heterocycles. The Bertz CT molecular complexity index is 289. The highest BCUT2D eigenvalue weighted by Crippen LogP contribution is 2.12. The number of hydrogen-bond donors (Lipinski definition) is 1. The molecule has 0 atom stereocenters. The van der Waals surface area contributed by atoms with E-state index in [1.807, 2.05) is 14.0 Å². The largest absolute Gasteiger partial charge is 0.432 e. The fraction of sp³-hybridized carbons (Fsp3) is 0.727. The first kappa shape index (κ1) is 13.0. The van der Waals surface area contributed by atoms with E-state index in [1.54, 1.807) is 6.26 Å². The molecule has 5 heteroatoms. The number of rotatable bonds is 8. The first-order valence-electron chi connectivity index (χ1n) is 5.73. The van der Waals surface area contributed by atoms with Crippen LogP contribution in [0.2, 0.25) is 0 Å². The Morgan fingerprint density at radius 3 is 2.94 bits per heavy atom. The SMILES string of the molecule is CCOCCN(CC)c1nc(CNC)co1. The second kappa shape index (κ2) is 7.24. The molecule has 1 rings (SSSR count). The fourth-order valence-corrected chi connectivity index (χ4v) is 1.41. The van der Waals surface area contributed by atoms with E-state index >= 15 is 0 Å². The molecule has 1 aromatic rings. The molecule has 0 saturated carbocycles. The van der Waals surface area contributed by atoms with Gasteiger partial charge in [-0.1, -0.05) is 0 Å². The minimum atomic E-state index is 0.674. The summed E-state index contributed by atoms with van der Waals surface area (Å²) in [6.07, 6.45) is 1.69. The standard InChI is InChI=1S/C11H21N3O2/c1-4-14(6-7-15-5-2)11-13-10(8-12-3)9-16-11/h9,12H,4-8H2,1-3H3. The number of aromatic nitrogens is 1. The van der Waals surface area contributed by atoms with Gasteiger partial charge in [0.25, 0.3) is 6.01 Å². The van der Waals surface area contributed by atoms with E-state index < -0.39 is 0 Å². The number of oxazole rings is 1. The van der Waals surface area contributed by atoms with E-state index in [2.05, 4.69) is 22.1 Å². The lowest BCUT2D eigenvalue weighted by Gasteiger charge is -2.17. The van der Waals surface area contributed by atoms with Gasteiger partial charge in [-0.05, 0) is 20.9 Å². The van der Waals surface area contributed by atoms with Crippen molar-refractivity contribution in [3.05, 3.63) is 12.0 Å². The maximum atomic E-state index is 5.42. The second-order valence-corrected chi connectivity index (χ2v) is 3.43. The molecule has 1 heterocycles. The monoisotopic (exact) mass is 227 g/mol. The lowest BCUT2D eigenvalue weighted by Crippen LogP contribution is -2.27. The number of nitrogens with zero attached hydrogens (tertiary/aromatic N) is 2. The summed E-state index contributed by atoms with van der Waals surface area (Å²) in [7, 11) is 1.89. The predicted molar refractivity (Wildman–Crippen MR) is 63.6 cm³/mol. The van der Waals surface area contributed by atoms with Crippen LogP contribution < -0.4 is 10.2 Å². The molecule has 0 unspecified atom stereocenters. The molecule has 1 aromatic heterocycles. The maximum Gasteiger partial charge on any atom is 0.297 e. The third-order valence-electron chi connectivity index (χ3n) is 2.26. The van der Waals surface area contributed by atoms with Gasteiger partial charge >= 0.3 is 0 Å². The molecule has 16 heavy (non-hydrogen) atoms. The third-order valence-corrected chi connectivity index (χ3v) is 2.26. The van der Waals surface area contributed by atoms with Gasteiger partial charge in [-0.15, -0.1) is 0 Å². The lowest BCUT2D eigenvalue weighted by molar-refractivity contribution is 0.153. The molecule has 0 aliphatic carbocycles. The summed E-state index contributed by atoms with van der Waals surface area (Å²) in [5, 5.41) is 3.04. The topological polar surface area (TPSA) is 50.5 Å². The van der Waals surface area contributed by atoms with E-state index in [0.717, 1.165) is 31.9 Å². The Morgan fingerprint density at radius 1 is 1.50 bits per heavy atom. The highest BCUT2D eigenvalue weighted by Gasteiger charge is 2.10. The summed E-state index contributed by atoms with van der Waals surface area (Å²) in [5.41, 5.74) is 0.923. The molecule has 0 amide bonds. The zero-order valence-electron chi connectivity index (χ0n) is 10.3. The Morgan fingerprint density at radius 2 is 2.31 bits per heavy atom. The van der Waals surface area contributed by atoms with E-state index in [4.69, 9.17) is 9.15 Å². The Hall–Kier alpha value is -1.07. The molecule has 0 aromatic carbocycles. The van der Waals surface area contributed by atoms with Gasteiger partial charge in [0.15, 0.2) is 0 Å². The van der Waals surface area contributed by atoms with Crippen LogP contribution in [0, 0.1) is 0 Å². The van der Waals surface area contributed by atoms with Crippen LogP contribution in [0.3, 0.4) is 0 Å². The van der Waals surface area contributed by atoms with Crippen molar-refractivity contribution in [1.82, 2.24) is 10.3 Å². The van der Waals surface area contributed by atoms with Crippen LogP contribution in [0.1, 0.15) is 19.5 Å². The minimum absolute atomic E-state index is 0.674. The molecule has 0 bridgehead atoms. The van der Waals surface area contributed by atoms with Crippen molar-refractivity contribution in [2.75, 3.05) is 38.3 Å². The molecule has 0 fully saturated rings. The van der Waals surface area contributed by atoms with Crippen molar-refractivity contribution in [3.63, 3.8) is 0 Å². The van der Waals surface area contributed by atoms with Crippen molar-refractivity contribution in [1.29, 1.82) is 0 Å². The number of hydrogen-bond acceptors (Lipinski definition) is 5. The molecular weight excluding hydrogens is 206 g/mol. The first-order valence-corrected chi connectivity index (χ1v) is 5.73. The molecule has 0 aliphatic heterocycles. The molecular formula is C11H21N3O2. The summed E-state index contributed by atoms with van der Waals surface area (Å²) in [5.74, 6) is 0. The summed E-state index contributed by atoms with van der Waals surface area (Å²) < 4.78 is 10.7. The van der Waals surface area contributed by atoms with Gasteiger partial charge in [-0.2, -0.15) is 4.98 Å². The van der Waals surface area contributed by atoms with Crippen molar-refractivity contribution in [2.24, 2.45) is 0 Å². The highest BCUT2D eigenvalue weighted by atomic mass is 16.5. The summed E-state index contributed by atoms with van der Waals surface area (Å²) >= 11 is 0. The maximum absolute atomic E-state index is 5.42. The van der Waals surface area contributed by atoms with Gasteiger partial charge in [0, 0.05) is 26.2 Å². The van der Waals surface area contributed by atoms with Gasteiger partial charge in [0.2, 0.25) is 0 Å². The quantitative estimate of drug-likeness (QED) is 0.677. The third kappa shape index (κ3) is 3.83. The van der Waals surface area contributed by atoms with Crippen molar-refractivity contribution >= 4 is 6.01 Å². The molecule has 0 aliphatic rings. The smallest absolute Gasteiger partial charge is 0.297 e. The van der Waals surface area contributed by atoms with Gasteiger partial charge in [-0.25, -0.2) is 0 Å². The normalized spacial score (nSPS) is 10.7. The zero-order chi connectivity index (χ0) is 11.8. The lowest BCUT2D eigenvalue weighted by atomic mass is 10.5. The molecule has 1 N–H and O–H groups in total. The minimum Gasteiger partial charge on any atom is -0.432 e. The number of ether oxygens (including phenoxy) is 1. The van der Waals surface area contributed by atoms with Gasteiger partial charge < -0.3 is 19.4 Å². The molecule has 0 spiro atoms. The van der Waals surface area contributed by atoms with E-state index in [-0.39, 0.29) is 0 Å². The van der Waals surface area contributed by atoms with Crippen LogP contribution in [-0.2, 0) is 11.3 Å². The fourth-order valence-electron chi connectivity index (χ4n) is 1.41. The number of likely N-dealkylation sites (N-methyl/N-ethyl adjacent to an activating group) is 1.